The molecular weight excluding hydrogens is 232 g/mol. The zero-order valence-corrected chi connectivity index (χ0v) is 10.3. The molecule has 1 atom stereocenters. The molecule has 0 spiro atoms. The Balaban J connectivity index is 2.81. The summed E-state index contributed by atoms with van der Waals surface area (Å²) in [7, 11) is 0. The lowest BCUT2D eigenvalue weighted by Gasteiger charge is -2.28. The van der Waals surface area contributed by atoms with Crippen LogP contribution in [0.15, 0.2) is 30.3 Å². The first-order valence-corrected chi connectivity index (χ1v) is 5.68. The Labute approximate surface area is 106 Å². The van der Waals surface area contributed by atoms with Crippen molar-refractivity contribution >= 4 is 11.9 Å². The summed E-state index contributed by atoms with van der Waals surface area (Å²) in [5, 5.41) is 17.9. The maximum atomic E-state index is 11.3. The number of rotatable bonds is 6. The molecule has 0 saturated heterocycles. The summed E-state index contributed by atoms with van der Waals surface area (Å²) in [6.45, 7) is 2.24. The monoisotopic (exact) mass is 250 g/mol. The molecule has 0 aromatic heterocycles. The van der Waals surface area contributed by atoms with Gasteiger partial charge in [0, 0.05) is 13.0 Å². The highest BCUT2D eigenvalue weighted by Crippen LogP contribution is 2.07. The number of hydrogen-bond acceptors (Lipinski definition) is 3. The van der Waals surface area contributed by atoms with Crippen molar-refractivity contribution in [1.29, 1.82) is 5.41 Å². The first-order valence-electron chi connectivity index (χ1n) is 5.68. The Morgan fingerprint density at radius 1 is 1.50 bits per heavy atom. The van der Waals surface area contributed by atoms with Gasteiger partial charge in [0.2, 0.25) is 5.96 Å². The fourth-order valence-corrected chi connectivity index (χ4v) is 1.70. The van der Waals surface area contributed by atoms with Gasteiger partial charge in [0.25, 0.3) is 0 Å². The van der Waals surface area contributed by atoms with Crippen LogP contribution >= 0.6 is 0 Å². The standard InChI is InChI=1S/C12H18N4O2/c1-2-16(15-12(13)14)10(11(17)18)8-9-6-4-3-5-7-9/h3-7,10H,2,8H2,1H3,(H,17,18)(H4,13,14,15). The largest absolute Gasteiger partial charge is 0.480 e. The molecule has 0 bridgehead atoms. The Morgan fingerprint density at radius 3 is 2.56 bits per heavy atom. The van der Waals surface area contributed by atoms with Crippen molar-refractivity contribution in [2.75, 3.05) is 6.54 Å². The summed E-state index contributed by atoms with van der Waals surface area (Å²) in [5.41, 5.74) is 8.71. The van der Waals surface area contributed by atoms with E-state index in [0.29, 0.717) is 13.0 Å². The van der Waals surface area contributed by atoms with Gasteiger partial charge in [-0.1, -0.05) is 37.3 Å². The zero-order chi connectivity index (χ0) is 13.5. The first-order chi connectivity index (χ1) is 8.54. The molecule has 6 heteroatoms. The molecule has 1 unspecified atom stereocenters. The van der Waals surface area contributed by atoms with Gasteiger partial charge in [-0.3, -0.25) is 15.6 Å². The van der Waals surface area contributed by atoms with E-state index < -0.39 is 12.0 Å². The summed E-state index contributed by atoms with van der Waals surface area (Å²) >= 11 is 0. The quantitative estimate of drug-likeness (QED) is 0.332. The average Bonchev–Trinajstić information content (AvgIpc) is 2.34. The van der Waals surface area contributed by atoms with E-state index in [4.69, 9.17) is 11.1 Å². The number of hydrogen-bond donors (Lipinski definition) is 4. The fourth-order valence-electron chi connectivity index (χ4n) is 1.70. The third kappa shape index (κ3) is 4.06. The predicted octanol–water partition coefficient (Wildman–Crippen LogP) is 0.402. The second-order valence-electron chi connectivity index (χ2n) is 3.86. The lowest BCUT2D eigenvalue weighted by atomic mass is 10.1. The van der Waals surface area contributed by atoms with Crippen LogP contribution in [0.2, 0.25) is 0 Å². The highest BCUT2D eigenvalue weighted by Gasteiger charge is 2.25. The number of carboxylic acids is 1. The van der Waals surface area contributed by atoms with Crippen LogP contribution < -0.4 is 11.2 Å². The number of guanidine groups is 1. The SMILES string of the molecule is CCN(NC(=N)N)C(Cc1ccccc1)C(=O)O. The molecule has 5 N–H and O–H groups in total. The molecule has 0 radical (unpaired) electrons. The van der Waals surface area contributed by atoms with Crippen LogP contribution in [0.4, 0.5) is 0 Å². The Bertz CT molecular complexity index is 408. The number of aliphatic carboxylic acids is 1. The molecule has 0 aliphatic rings. The summed E-state index contributed by atoms with van der Waals surface area (Å²) in [4.78, 5) is 11.3. The molecule has 18 heavy (non-hydrogen) atoms. The molecular formula is C12H18N4O2. The third-order valence-corrected chi connectivity index (χ3v) is 2.54. The van der Waals surface area contributed by atoms with Crippen molar-refractivity contribution < 1.29 is 9.90 Å². The van der Waals surface area contributed by atoms with Crippen molar-refractivity contribution in [2.45, 2.75) is 19.4 Å². The van der Waals surface area contributed by atoms with Crippen LogP contribution in [0, 0.1) is 5.41 Å². The van der Waals surface area contributed by atoms with Gasteiger partial charge < -0.3 is 10.8 Å². The topological polar surface area (TPSA) is 102 Å². The van der Waals surface area contributed by atoms with Gasteiger partial charge in [-0.05, 0) is 5.56 Å². The van der Waals surface area contributed by atoms with Crippen LogP contribution in [0.3, 0.4) is 0 Å². The minimum Gasteiger partial charge on any atom is -0.480 e. The number of carboxylic acid groups (broad SMARTS) is 1. The predicted molar refractivity (Wildman–Crippen MR) is 69.0 cm³/mol. The van der Waals surface area contributed by atoms with Crippen molar-refractivity contribution in [3.63, 3.8) is 0 Å². The van der Waals surface area contributed by atoms with Crippen LogP contribution in [0.25, 0.3) is 0 Å². The number of nitrogens with two attached hydrogens (primary N) is 1. The lowest BCUT2D eigenvalue weighted by Crippen LogP contribution is -2.54. The Kier molecular flexibility index (Phi) is 5.13. The lowest BCUT2D eigenvalue weighted by molar-refractivity contribution is -0.144. The van der Waals surface area contributed by atoms with E-state index in [2.05, 4.69) is 5.43 Å². The van der Waals surface area contributed by atoms with E-state index in [1.165, 1.54) is 5.01 Å². The van der Waals surface area contributed by atoms with Crippen LogP contribution in [-0.4, -0.2) is 34.6 Å². The molecule has 98 valence electrons. The molecule has 6 nitrogen and oxygen atoms in total. The van der Waals surface area contributed by atoms with E-state index in [1.807, 2.05) is 30.3 Å². The molecule has 0 fully saturated rings. The first kappa shape index (κ1) is 14.0. The minimum absolute atomic E-state index is 0.267. The second-order valence-corrected chi connectivity index (χ2v) is 3.86. The van der Waals surface area contributed by atoms with Crippen molar-refractivity contribution in [3.05, 3.63) is 35.9 Å². The van der Waals surface area contributed by atoms with E-state index >= 15 is 0 Å². The molecule has 1 rings (SSSR count). The summed E-state index contributed by atoms with van der Waals surface area (Å²) in [5.74, 6) is -1.22. The number of likely N-dealkylation sites (N-methyl/N-ethyl adjacent to an activating group) is 1. The van der Waals surface area contributed by atoms with Gasteiger partial charge in [-0.25, -0.2) is 5.01 Å². The van der Waals surface area contributed by atoms with Gasteiger partial charge in [-0.2, -0.15) is 0 Å². The number of benzene rings is 1. The molecule has 1 aromatic carbocycles. The smallest absolute Gasteiger partial charge is 0.323 e. The maximum Gasteiger partial charge on any atom is 0.323 e. The van der Waals surface area contributed by atoms with E-state index in [0.717, 1.165) is 5.56 Å². The minimum atomic E-state index is -0.950. The Morgan fingerprint density at radius 2 is 2.11 bits per heavy atom. The number of nitrogens with one attached hydrogen (secondary N) is 2. The van der Waals surface area contributed by atoms with Crippen LogP contribution in [-0.2, 0) is 11.2 Å². The van der Waals surface area contributed by atoms with Crippen molar-refractivity contribution in [1.82, 2.24) is 10.4 Å². The van der Waals surface area contributed by atoms with E-state index in [-0.39, 0.29) is 5.96 Å². The molecule has 1 aromatic rings. The molecule has 0 aliphatic heterocycles. The van der Waals surface area contributed by atoms with E-state index in [9.17, 15) is 9.90 Å². The molecule has 0 amide bonds. The summed E-state index contributed by atoms with van der Waals surface area (Å²) in [6.07, 6.45) is 0.351. The zero-order valence-electron chi connectivity index (χ0n) is 10.3. The highest BCUT2D eigenvalue weighted by atomic mass is 16.4. The van der Waals surface area contributed by atoms with Gasteiger partial charge in [0.15, 0.2) is 0 Å². The fraction of sp³-hybridized carbons (Fsp3) is 0.333. The van der Waals surface area contributed by atoms with E-state index in [1.54, 1.807) is 6.92 Å². The van der Waals surface area contributed by atoms with Gasteiger partial charge in [-0.15, -0.1) is 0 Å². The van der Waals surface area contributed by atoms with Crippen LogP contribution in [0.5, 0.6) is 0 Å². The number of carbonyl (C=O) groups is 1. The Hall–Kier alpha value is -2.08. The molecule has 0 heterocycles. The number of hydrazine groups is 1. The van der Waals surface area contributed by atoms with Gasteiger partial charge in [0.1, 0.15) is 6.04 Å². The normalized spacial score (nSPS) is 12.1. The summed E-state index contributed by atoms with van der Waals surface area (Å²) < 4.78 is 0. The van der Waals surface area contributed by atoms with Crippen LogP contribution in [0.1, 0.15) is 12.5 Å². The second kappa shape index (κ2) is 6.61. The van der Waals surface area contributed by atoms with Gasteiger partial charge in [0.05, 0.1) is 0 Å². The van der Waals surface area contributed by atoms with Crippen molar-refractivity contribution in [3.8, 4) is 0 Å². The third-order valence-electron chi connectivity index (χ3n) is 2.54. The number of nitrogens with zero attached hydrogens (tertiary/aromatic N) is 1. The maximum absolute atomic E-state index is 11.3. The van der Waals surface area contributed by atoms with Crippen molar-refractivity contribution in [2.24, 2.45) is 5.73 Å². The van der Waals surface area contributed by atoms with Gasteiger partial charge >= 0.3 is 5.97 Å². The summed E-state index contributed by atoms with van der Waals surface area (Å²) in [6, 6.07) is 8.59. The molecule has 0 aliphatic carbocycles. The highest BCUT2D eigenvalue weighted by molar-refractivity contribution is 5.76. The molecule has 0 saturated carbocycles. The average molecular weight is 250 g/mol.